The summed E-state index contributed by atoms with van der Waals surface area (Å²) >= 11 is 0. The van der Waals surface area contributed by atoms with Crippen LogP contribution in [-0.4, -0.2) is 20.7 Å². The molecule has 0 saturated carbocycles. The number of hydrogen-bond donors (Lipinski definition) is 1. The number of carbonyl (C=O) groups excluding carboxylic acids is 1. The van der Waals surface area contributed by atoms with Crippen molar-refractivity contribution < 1.29 is 9.18 Å². The molecule has 0 unspecified atom stereocenters. The Kier molecular flexibility index (Phi) is 5.39. The Morgan fingerprint density at radius 2 is 1.63 bits per heavy atom. The van der Waals surface area contributed by atoms with Crippen molar-refractivity contribution in [3.05, 3.63) is 95.6 Å². The minimum Gasteiger partial charge on any atom is -0.319 e. The highest BCUT2D eigenvalue weighted by Crippen LogP contribution is 2.22. The van der Waals surface area contributed by atoms with Crippen molar-refractivity contribution in [3.63, 3.8) is 0 Å². The van der Waals surface area contributed by atoms with E-state index in [9.17, 15) is 9.18 Å². The molecule has 1 heterocycles. The fourth-order valence-corrected chi connectivity index (χ4v) is 3.07. The molecule has 0 aliphatic rings. The van der Waals surface area contributed by atoms with Crippen LogP contribution in [0.3, 0.4) is 0 Å². The van der Waals surface area contributed by atoms with Gasteiger partial charge < -0.3 is 5.32 Å². The third-order valence-corrected chi connectivity index (χ3v) is 4.81. The number of benzene rings is 3. The molecule has 3 aromatic carbocycles. The van der Waals surface area contributed by atoms with E-state index in [2.05, 4.69) is 22.3 Å². The number of halogens is 1. The van der Waals surface area contributed by atoms with Crippen molar-refractivity contribution in [3.8, 4) is 17.1 Å². The van der Waals surface area contributed by atoms with Crippen LogP contribution in [0.15, 0.2) is 72.8 Å². The fourth-order valence-electron chi connectivity index (χ4n) is 3.07. The second-order valence-electron chi connectivity index (χ2n) is 7.02. The Bertz CT molecular complexity index is 1100. The number of aromatic nitrogens is 3. The van der Waals surface area contributed by atoms with Gasteiger partial charge >= 0.3 is 0 Å². The summed E-state index contributed by atoms with van der Waals surface area (Å²) < 4.78 is 14.9. The van der Waals surface area contributed by atoms with Crippen molar-refractivity contribution >= 4 is 11.6 Å². The molecule has 0 bridgehead atoms. The average molecular weight is 400 g/mol. The van der Waals surface area contributed by atoms with Gasteiger partial charge in [-0.2, -0.15) is 0 Å². The second-order valence-corrected chi connectivity index (χ2v) is 7.02. The van der Waals surface area contributed by atoms with Gasteiger partial charge in [0.05, 0.1) is 5.69 Å². The second kappa shape index (κ2) is 8.29. The molecule has 4 aromatic rings. The number of carbonyl (C=O) groups is 1. The van der Waals surface area contributed by atoms with Gasteiger partial charge in [0.15, 0.2) is 5.82 Å². The molecule has 1 aromatic heterocycles. The molecule has 0 spiro atoms. The number of rotatable bonds is 5. The van der Waals surface area contributed by atoms with Gasteiger partial charge in [-0.1, -0.05) is 48.9 Å². The number of hydrogen-bond acceptors (Lipinski definition) is 3. The zero-order valence-corrected chi connectivity index (χ0v) is 16.8. The Morgan fingerprint density at radius 1 is 0.967 bits per heavy atom. The van der Waals surface area contributed by atoms with Gasteiger partial charge in [-0.25, -0.2) is 14.1 Å². The molecular weight excluding hydrogens is 379 g/mol. The molecule has 0 radical (unpaired) electrons. The molecule has 0 aliphatic carbocycles. The number of nitrogens with one attached hydrogen (secondary N) is 1. The van der Waals surface area contributed by atoms with Crippen molar-refractivity contribution in [1.82, 2.24) is 14.8 Å². The first-order chi connectivity index (χ1) is 14.5. The van der Waals surface area contributed by atoms with E-state index in [4.69, 9.17) is 0 Å². The summed E-state index contributed by atoms with van der Waals surface area (Å²) in [6.07, 6.45) is 0.928. The molecule has 150 valence electrons. The highest BCUT2D eigenvalue weighted by molar-refractivity contribution is 6.01. The third-order valence-electron chi connectivity index (χ3n) is 4.81. The minimum absolute atomic E-state index is 0.0365. The SMILES string of the molecule is CCc1ccc(NC(=O)c2nc(-c3ccc(C)cc3)n(-c3ccc(F)cc3)n2)cc1. The lowest BCUT2D eigenvalue weighted by molar-refractivity contribution is 0.101. The Labute approximate surface area is 174 Å². The predicted molar refractivity (Wildman–Crippen MR) is 115 cm³/mol. The highest BCUT2D eigenvalue weighted by atomic mass is 19.1. The van der Waals surface area contributed by atoms with E-state index in [1.165, 1.54) is 17.7 Å². The van der Waals surface area contributed by atoms with Crippen LogP contribution >= 0.6 is 0 Å². The van der Waals surface area contributed by atoms with Crippen LogP contribution in [0.4, 0.5) is 10.1 Å². The van der Waals surface area contributed by atoms with E-state index < -0.39 is 5.91 Å². The molecule has 30 heavy (non-hydrogen) atoms. The van der Waals surface area contributed by atoms with E-state index in [-0.39, 0.29) is 11.6 Å². The first-order valence-corrected chi connectivity index (χ1v) is 9.74. The van der Waals surface area contributed by atoms with Crippen molar-refractivity contribution in [2.45, 2.75) is 20.3 Å². The van der Waals surface area contributed by atoms with Crippen LogP contribution < -0.4 is 5.32 Å². The lowest BCUT2D eigenvalue weighted by Crippen LogP contribution is -2.14. The number of nitrogens with zero attached hydrogens (tertiary/aromatic N) is 3. The normalized spacial score (nSPS) is 10.8. The van der Waals surface area contributed by atoms with Crippen molar-refractivity contribution in [2.24, 2.45) is 0 Å². The smallest absolute Gasteiger partial charge is 0.295 e. The molecule has 5 nitrogen and oxygen atoms in total. The number of anilines is 1. The van der Waals surface area contributed by atoms with Crippen molar-refractivity contribution in [1.29, 1.82) is 0 Å². The van der Waals surface area contributed by atoms with Crippen LogP contribution in [0.1, 0.15) is 28.7 Å². The highest BCUT2D eigenvalue weighted by Gasteiger charge is 2.19. The molecule has 6 heteroatoms. The minimum atomic E-state index is -0.409. The summed E-state index contributed by atoms with van der Waals surface area (Å²) in [6.45, 7) is 4.07. The summed E-state index contributed by atoms with van der Waals surface area (Å²) in [4.78, 5) is 17.3. The first-order valence-electron chi connectivity index (χ1n) is 9.74. The van der Waals surface area contributed by atoms with Gasteiger partial charge in [-0.3, -0.25) is 4.79 Å². The maximum Gasteiger partial charge on any atom is 0.295 e. The summed E-state index contributed by atoms with van der Waals surface area (Å²) in [5, 5.41) is 7.24. The van der Waals surface area contributed by atoms with Gasteiger partial charge in [0, 0.05) is 11.3 Å². The van der Waals surface area contributed by atoms with Gasteiger partial charge in [0.25, 0.3) is 5.91 Å². The summed E-state index contributed by atoms with van der Waals surface area (Å²) in [7, 11) is 0. The topological polar surface area (TPSA) is 59.8 Å². The van der Waals surface area contributed by atoms with Crippen LogP contribution in [0.2, 0.25) is 0 Å². The maximum atomic E-state index is 13.4. The predicted octanol–water partition coefficient (Wildman–Crippen LogP) is 5.20. The molecular formula is C24H21FN4O. The quantitative estimate of drug-likeness (QED) is 0.501. The summed E-state index contributed by atoms with van der Waals surface area (Å²) in [5.74, 6) is -0.208. The standard InChI is InChI=1S/C24H21FN4O/c1-3-17-6-12-20(13-7-17)26-24(30)22-27-23(18-8-4-16(2)5-9-18)29(28-22)21-14-10-19(25)11-15-21/h4-15H,3H2,1-2H3,(H,26,30). The van der Waals surface area contributed by atoms with E-state index in [0.717, 1.165) is 17.5 Å². The van der Waals surface area contributed by atoms with Gasteiger partial charge in [-0.05, 0) is 55.3 Å². The average Bonchev–Trinajstić information content (AvgIpc) is 3.21. The lowest BCUT2D eigenvalue weighted by atomic mass is 10.1. The largest absolute Gasteiger partial charge is 0.319 e. The zero-order chi connectivity index (χ0) is 21.1. The van der Waals surface area contributed by atoms with Crippen LogP contribution in [0, 0.1) is 12.7 Å². The van der Waals surface area contributed by atoms with Gasteiger partial charge in [0.2, 0.25) is 5.82 Å². The molecule has 0 saturated heterocycles. The third kappa shape index (κ3) is 4.12. The maximum absolute atomic E-state index is 13.4. The fraction of sp³-hybridized carbons (Fsp3) is 0.125. The molecule has 4 rings (SSSR count). The van der Waals surface area contributed by atoms with Crippen LogP contribution in [0.25, 0.3) is 17.1 Å². The molecule has 0 fully saturated rings. The molecule has 0 atom stereocenters. The van der Waals surface area contributed by atoms with Gasteiger partial charge in [-0.15, -0.1) is 5.10 Å². The van der Waals surface area contributed by atoms with Crippen molar-refractivity contribution in [2.75, 3.05) is 5.32 Å². The summed E-state index contributed by atoms with van der Waals surface area (Å²) in [5.41, 5.74) is 4.40. The van der Waals surface area contributed by atoms with Gasteiger partial charge in [0.1, 0.15) is 5.82 Å². The Hall–Kier alpha value is -3.80. The van der Waals surface area contributed by atoms with E-state index >= 15 is 0 Å². The van der Waals surface area contributed by atoms with Crippen LogP contribution in [-0.2, 0) is 6.42 Å². The molecule has 1 N–H and O–H groups in total. The first kappa shape index (κ1) is 19.5. The number of aryl methyl sites for hydroxylation is 2. The van der Waals surface area contributed by atoms with E-state index in [0.29, 0.717) is 17.2 Å². The summed E-state index contributed by atoms with van der Waals surface area (Å²) in [6, 6.07) is 21.3. The Balaban J connectivity index is 1.71. The van der Waals surface area contributed by atoms with Crippen LogP contribution in [0.5, 0.6) is 0 Å². The molecule has 0 aliphatic heterocycles. The van der Waals surface area contributed by atoms with E-state index in [1.54, 1.807) is 16.8 Å². The molecule has 1 amide bonds. The zero-order valence-electron chi connectivity index (χ0n) is 16.8. The lowest BCUT2D eigenvalue weighted by Gasteiger charge is -2.06. The number of amides is 1. The monoisotopic (exact) mass is 400 g/mol. The Morgan fingerprint density at radius 3 is 2.27 bits per heavy atom. The van der Waals surface area contributed by atoms with E-state index in [1.807, 2.05) is 55.5 Å².